The van der Waals surface area contributed by atoms with Crippen LogP contribution in [-0.4, -0.2) is 65.8 Å². The van der Waals surface area contributed by atoms with Gasteiger partial charge in [-0.2, -0.15) is 0 Å². The average molecular weight is 425 g/mol. The van der Waals surface area contributed by atoms with Crippen molar-refractivity contribution in [3.8, 4) is 16.3 Å². The summed E-state index contributed by atoms with van der Waals surface area (Å²) >= 11 is 1.32. The Balaban J connectivity index is 1.47. The van der Waals surface area contributed by atoms with Crippen LogP contribution >= 0.6 is 11.3 Å². The summed E-state index contributed by atoms with van der Waals surface area (Å²) in [7, 11) is 2.11. The number of benzene rings is 1. The standard InChI is InChI=1S/C21H24N6O2S/c1-3-29-17-7-5-4-6-16(17)20-24-25-21(30-20)23-19(28)15-8-9-22-18(14-15)27-12-10-26(2)11-13-27/h4-9,14H,3,10-13H2,1-2H3,(H,23,25,28). The minimum absolute atomic E-state index is 0.228. The van der Waals surface area contributed by atoms with Gasteiger partial charge in [0.15, 0.2) is 5.01 Å². The first kappa shape index (κ1) is 20.2. The highest BCUT2D eigenvalue weighted by atomic mass is 32.1. The van der Waals surface area contributed by atoms with Crippen molar-refractivity contribution in [1.82, 2.24) is 20.1 Å². The van der Waals surface area contributed by atoms with Gasteiger partial charge in [0.2, 0.25) is 5.13 Å². The van der Waals surface area contributed by atoms with Gasteiger partial charge in [-0.05, 0) is 38.2 Å². The first-order chi connectivity index (χ1) is 14.6. The van der Waals surface area contributed by atoms with Gasteiger partial charge in [0.1, 0.15) is 11.6 Å². The fourth-order valence-corrected chi connectivity index (χ4v) is 4.01. The molecule has 0 unspecified atom stereocenters. The van der Waals surface area contributed by atoms with E-state index in [1.807, 2.05) is 37.3 Å². The predicted octanol–water partition coefficient (Wildman–Crippen LogP) is 3.00. The van der Waals surface area contributed by atoms with Crippen molar-refractivity contribution in [2.45, 2.75) is 6.92 Å². The molecule has 156 valence electrons. The van der Waals surface area contributed by atoms with E-state index in [2.05, 4.69) is 37.3 Å². The number of anilines is 2. The summed E-state index contributed by atoms with van der Waals surface area (Å²) in [5.41, 5.74) is 1.41. The summed E-state index contributed by atoms with van der Waals surface area (Å²) < 4.78 is 5.67. The largest absolute Gasteiger partial charge is 0.493 e. The maximum atomic E-state index is 12.8. The molecule has 1 N–H and O–H groups in total. The molecule has 0 bridgehead atoms. The summed E-state index contributed by atoms with van der Waals surface area (Å²) in [5.74, 6) is 1.34. The molecule has 2 aromatic heterocycles. The van der Waals surface area contributed by atoms with Crippen molar-refractivity contribution in [3.63, 3.8) is 0 Å². The van der Waals surface area contributed by atoms with Crippen molar-refractivity contribution < 1.29 is 9.53 Å². The van der Waals surface area contributed by atoms with Crippen LogP contribution in [-0.2, 0) is 0 Å². The lowest BCUT2D eigenvalue weighted by atomic mass is 10.2. The quantitative estimate of drug-likeness (QED) is 0.651. The zero-order valence-electron chi connectivity index (χ0n) is 17.0. The van der Waals surface area contributed by atoms with Crippen LogP contribution in [0.4, 0.5) is 10.9 Å². The molecule has 0 atom stereocenters. The van der Waals surface area contributed by atoms with Crippen LogP contribution in [0.15, 0.2) is 42.6 Å². The van der Waals surface area contributed by atoms with Gasteiger partial charge in [-0.15, -0.1) is 10.2 Å². The van der Waals surface area contributed by atoms with Crippen LogP contribution in [0.25, 0.3) is 10.6 Å². The van der Waals surface area contributed by atoms with Crippen LogP contribution in [0, 0.1) is 0 Å². The molecule has 4 rings (SSSR count). The molecule has 0 saturated carbocycles. The van der Waals surface area contributed by atoms with E-state index in [1.165, 1.54) is 11.3 Å². The summed E-state index contributed by atoms with van der Waals surface area (Å²) in [5, 5.41) is 12.3. The molecule has 3 aromatic rings. The molecular weight excluding hydrogens is 400 g/mol. The lowest BCUT2D eigenvalue weighted by Crippen LogP contribution is -2.44. The predicted molar refractivity (Wildman–Crippen MR) is 118 cm³/mol. The molecule has 3 heterocycles. The SMILES string of the molecule is CCOc1ccccc1-c1nnc(NC(=O)c2ccnc(N3CCN(C)CC3)c2)s1. The smallest absolute Gasteiger partial charge is 0.257 e. The van der Waals surface area contributed by atoms with Crippen molar-refractivity contribution in [2.24, 2.45) is 0 Å². The third kappa shape index (κ3) is 4.58. The minimum atomic E-state index is -0.228. The average Bonchev–Trinajstić information content (AvgIpc) is 3.23. The molecule has 1 aliphatic heterocycles. The van der Waals surface area contributed by atoms with Gasteiger partial charge in [0.25, 0.3) is 5.91 Å². The molecule has 0 aliphatic carbocycles. The van der Waals surface area contributed by atoms with Gasteiger partial charge in [0.05, 0.1) is 12.2 Å². The second kappa shape index (κ2) is 9.19. The topological polar surface area (TPSA) is 83.5 Å². The Morgan fingerprint density at radius 2 is 1.97 bits per heavy atom. The number of carbonyl (C=O) groups is 1. The fourth-order valence-electron chi connectivity index (χ4n) is 3.24. The summed E-state index contributed by atoms with van der Waals surface area (Å²) in [6.45, 7) is 6.26. The first-order valence-corrected chi connectivity index (χ1v) is 10.7. The van der Waals surface area contributed by atoms with Crippen molar-refractivity contribution in [1.29, 1.82) is 0 Å². The van der Waals surface area contributed by atoms with Gasteiger partial charge in [-0.25, -0.2) is 4.98 Å². The molecule has 1 saturated heterocycles. The number of ether oxygens (including phenoxy) is 1. The van der Waals surface area contributed by atoms with Crippen LogP contribution in [0.2, 0.25) is 0 Å². The normalized spacial score (nSPS) is 14.5. The Morgan fingerprint density at radius 1 is 1.17 bits per heavy atom. The number of carbonyl (C=O) groups excluding carboxylic acids is 1. The van der Waals surface area contributed by atoms with E-state index in [4.69, 9.17) is 4.74 Å². The number of amides is 1. The third-order valence-corrected chi connectivity index (χ3v) is 5.77. The van der Waals surface area contributed by atoms with Crippen LogP contribution < -0.4 is 15.0 Å². The van der Waals surface area contributed by atoms with Crippen LogP contribution in [0.1, 0.15) is 17.3 Å². The number of piperazine rings is 1. The molecule has 30 heavy (non-hydrogen) atoms. The number of likely N-dealkylation sites (N-methyl/N-ethyl adjacent to an activating group) is 1. The van der Waals surface area contributed by atoms with Crippen molar-refractivity contribution in [2.75, 3.05) is 50.1 Å². The molecule has 1 amide bonds. The van der Waals surface area contributed by atoms with Crippen LogP contribution in [0.5, 0.6) is 5.75 Å². The second-order valence-electron chi connectivity index (χ2n) is 6.99. The number of nitrogens with one attached hydrogen (secondary N) is 1. The highest BCUT2D eigenvalue weighted by Crippen LogP contribution is 2.33. The van der Waals surface area contributed by atoms with Crippen LogP contribution in [0.3, 0.4) is 0 Å². The molecule has 1 aromatic carbocycles. The summed E-state index contributed by atoms with van der Waals surface area (Å²) in [6.07, 6.45) is 1.67. The highest BCUT2D eigenvalue weighted by molar-refractivity contribution is 7.18. The zero-order chi connectivity index (χ0) is 20.9. The van der Waals surface area contributed by atoms with Gasteiger partial charge >= 0.3 is 0 Å². The minimum Gasteiger partial charge on any atom is -0.493 e. The van der Waals surface area contributed by atoms with Crippen molar-refractivity contribution >= 4 is 28.2 Å². The van der Waals surface area contributed by atoms with E-state index in [-0.39, 0.29) is 5.91 Å². The molecule has 1 aliphatic rings. The molecular formula is C21H24N6O2S. The Labute approximate surface area is 179 Å². The maximum absolute atomic E-state index is 12.8. The number of nitrogens with zero attached hydrogens (tertiary/aromatic N) is 5. The first-order valence-electron chi connectivity index (χ1n) is 9.90. The highest BCUT2D eigenvalue weighted by Gasteiger charge is 2.18. The summed E-state index contributed by atoms with van der Waals surface area (Å²) in [6, 6.07) is 11.2. The molecule has 8 nitrogen and oxygen atoms in total. The molecule has 0 radical (unpaired) electrons. The Morgan fingerprint density at radius 3 is 2.77 bits per heavy atom. The van der Waals surface area contributed by atoms with Gasteiger partial charge < -0.3 is 14.5 Å². The van der Waals surface area contributed by atoms with E-state index in [1.54, 1.807) is 12.3 Å². The van der Waals surface area contributed by atoms with E-state index >= 15 is 0 Å². The lowest BCUT2D eigenvalue weighted by Gasteiger charge is -2.33. The van der Waals surface area contributed by atoms with E-state index in [0.717, 1.165) is 43.3 Å². The Hall–Kier alpha value is -3.04. The number of para-hydroxylation sites is 1. The third-order valence-electron chi connectivity index (χ3n) is 4.90. The van der Waals surface area contributed by atoms with Crippen molar-refractivity contribution in [3.05, 3.63) is 48.2 Å². The van der Waals surface area contributed by atoms with E-state index in [0.29, 0.717) is 22.3 Å². The number of pyridine rings is 1. The fraction of sp³-hybridized carbons (Fsp3) is 0.333. The van der Waals surface area contributed by atoms with E-state index < -0.39 is 0 Å². The Bertz CT molecular complexity index is 1020. The lowest BCUT2D eigenvalue weighted by molar-refractivity contribution is 0.102. The zero-order valence-corrected chi connectivity index (χ0v) is 17.9. The monoisotopic (exact) mass is 424 g/mol. The molecule has 0 spiro atoms. The van der Waals surface area contributed by atoms with Gasteiger partial charge in [0, 0.05) is 37.9 Å². The summed E-state index contributed by atoms with van der Waals surface area (Å²) in [4.78, 5) is 21.7. The number of aromatic nitrogens is 3. The number of hydrogen-bond donors (Lipinski definition) is 1. The van der Waals surface area contributed by atoms with Gasteiger partial charge in [-0.3, -0.25) is 10.1 Å². The second-order valence-corrected chi connectivity index (χ2v) is 7.97. The molecule has 9 heteroatoms. The molecule has 1 fully saturated rings. The Kier molecular flexibility index (Phi) is 6.20. The number of rotatable bonds is 6. The maximum Gasteiger partial charge on any atom is 0.257 e. The van der Waals surface area contributed by atoms with E-state index in [9.17, 15) is 4.79 Å². The van der Waals surface area contributed by atoms with Gasteiger partial charge in [-0.1, -0.05) is 23.5 Å². The number of hydrogen-bond acceptors (Lipinski definition) is 8.